The van der Waals surface area contributed by atoms with Crippen LogP contribution >= 0.6 is 0 Å². The zero-order chi connectivity index (χ0) is 20.2. The van der Waals surface area contributed by atoms with Crippen LogP contribution in [-0.2, 0) is 11.3 Å². The summed E-state index contributed by atoms with van der Waals surface area (Å²) in [6, 6.07) is 6.53. The largest absolute Gasteiger partial charge is 0.444 e. The number of carbonyl (C=O) groups excluding carboxylic acids is 1. The molecule has 6 nitrogen and oxygen atoms in total. The number of aromatic nitrogens is 1. The van der Waals surface area contributed by atoms with Gasteiger partial charge in [-0.25, -0.2) is 9.37 Å². The van der Waals surface area contributed by atoms with Gasteiger partial charge in [-0.3, -0.25) is 14.6 Å². The van der Waals surface area contributed by atoms with E-state index in [1.807, 2.05) is 0 Å². The lowest BCUT2D eigenvalue weighted by Crippen LogP contribution is -2.51. The standard InChI is InChI=1S/C22H29FN4O2/c1-17-4-2-3-9-27(17)21(28)15-26-12-10-25(11-13-26)14-20-16-29-22(24-20)18-5-7-19(23)8-6-18/h5-8,16-17H,2-4,9-15H2,1H3. The van der Waals surface area contributed by atoms with Crippen LogP contribution in [0.4, 0.5) is 4.39 Å². The third-order valence-corrected chi connectivity index (χ3v) is 5.98. The quantitative estimate of drug-likeness (QED) is 0.772. The third kappa shape index (κ3) is 5.03. The molecule has 1 atom stereocenters. The van der Waals surface area contributed by atoms with Crippen LogP contribution in [0.15, 0.2) is 34.9 Å². The molecule has 0 saturated carbocycles. The Morgan fingerprint density at radius 1 is 1.10 bits per heavy atom. The van der Waals surface area contributed by atoms with Crippen molar-refractivity contribution in [1.82, 2.24) is 19.7 Å². The Balaban J connectivity index is 1.25. The van der Waals surface area contributed by atoms with E-state index in [4.69, 9.17) is 4.42 Å². The van der Waals surface area contributed by atoms with E-state index in [0.29, 0.717) is 18.5 Å². The highest BCUT2D eigenvalue weighted by atomic mass is 19.1. The minimum absolute atomic E-state index is 0.270. The smallest absolute Gasteiger partial charge is 0.236 e. The summed E-state index contributed by atoms with van der Waals surface area (Å²) in [5.41, 5.74) is 1.64. The van der Waals surface area contributed by atoms with E-state index < -0.39 is 0 Å². The topological polar surface area (TPSA) is 52.8 Å². The van der Waals surface area contributed by atoms with Crippen LogP contribution in [0.25, 0.3) is 11.5 Å². The van der Waals surface area contributed by atoms with E-state index in [-0.39, 0.29) is 11.7 Å². The van der Waals surface area contributed by atoms with E-state index >= 15 is 0 Å². The van der Waals surface area contributed by atoms with Crippen molar-refractivity contribution in [1.29, 1.82) is 0 Å². The number of rotatable bonds is 5. The zero-order valence-corrected chi connectivity index (χ0v) is 17.0. The van der Waals surface area contributed by atoms with Crippen LogP contribution in [0.2, 0.25) is 0 Å². The summed E-state index contributed by atoms with van der Waals surface area (Å²) in [6.45, 7) is 7.89. The van der Waals surface area contributed by atoms with Crippen molar-refractivity contribution in [2.24, 2.45) is 0 Å². The monoisotopic (exact) mass is 400 g/mol. The normalized spacial score (nSPS) is 21.4. The first kappa shape index (κ1) is 20.0. The molecule has 156 valence electrons. The fraction of sp³-hybridized carbons (Fsp3) is 0.545. The summed E-state index contributed by atoms with van der Waals surface area (Å²) in [7, 11) is 0. The zero-order valence-electron chi connectivity index (χ0n) is 17.0. The van der Waals surface area contributed by atoms with Crippen LogP contribution in [0.1, 0.15) is 31.9 Å². The van der Waals surface area contributed by atoms with Gasteiger partial charge in [-0.05, 0) is 50.5 Å². The van der Waals surface area contributed by atoms with Crippen LogP contribution < -0.4 is 0 Å². The summed E-state index contributed by atoms with van der Waals surface area (Å²) >= 11 is 0. The van der Waals surface area contributed by atoms with Gasteiger partial charge in [0, 0.05) is 50.9 Å². The SMILES string of the molecule is CC1CCCCN1C(=O)CN1CCN(Cc2coc(-c3ccc(F)cc3)n2)CC1. The number of amides is 1. The van der Waals surface area contributed by atoms with Gasteiger partial charge >= 0.3 is 0 Å². The Labute approximate surface area is 171 Å². The molecule has 2 aliphatic heterocycles. The van der Waals surface area contributed by atoms with Crippen molar-refractivity contribution in [3.8, 4) is 11.5 Å². The Hall–Kier alpha value is -2.25. The number of piperidine rings is 1. The number of likely N-dealkylation sites (tertiary alicyclic amines) is 1. The van der Waals surface area contributed by atoms with Crippen molar-refractivity contribution in [2.45, 2.75) is 38.8 Å². The Morgan fingerprint density at radius 2 is 1.83 bits per heavy atom. The average Bonchev–Trinajstić information content (AvgIpc) is 3.19. The Kier molecular flexibility index (Phi) is 6.25. The number of piperazine rings is 1. The number of hydrogen-bond donors (Lipinski definition) is 0. The molecule has 0 aliphatic carbocycles. The molecule has 1 aromatic carbocycles. The van der Waals surface area contributed by atoms with Crippen molar-refractivity contribution < 1.29 is 13.6 Å². The maximum absolute atomic E-state index is 13.1. The molecule has 0 bridgehead atoms. The molecular formula is C22H29FN4O2. The molecule has 2 fully saturated rings. The number of oxazole rings is 1. The molecule has 1 unspecified atom stereocenters. The second-order valence-corrected chi connectivity index (χ2v) is 8.14. The average molecular weight is 400 g/mol. The maximum Gasteiger partial charge on any atom is 0.236 e. The van der Waals surface area contributed by atoms with Gasteiger partial charge in [-0.1, -0.05) is 0 Å². The fourth-order valence-corrected chi connectivity index (χ4v) is 4.19. The molecule has 2 aromatic rings. The van der Waals surface area contributed by atoms with Crippen molar-refractivity contribution in [2.75, 3.05) is 39.3 Å². The molecule has 0 spiro atoms. The van der Waals surface area contributed by atoms with E-state index in [1.165, 1.54) is 18.6 Å². The van der Waals surface area contributed by atoms with Gasteiger partial charge in [0.05, 0.1) is 12.2 Å². The first-order chi connectivity index (χ1) is 14.1. The van der Waals surface area contributed by atoms with Gasteiger partial charge < -0.3 is 9.32 Å². The van der Waals surface area contributed by atoms with Gasteiger partial charge in [0.2, 0.25) is 11.8 Å². The highest BCUT2D eigenvalue weighted by molar-refractivity contribution is 5.78. The fourth-order valence-electron chi connectivity index (χ4n) is 4.19. The number of carbonyl (C=O) groups is 1. The van der Waals surface area contributed by atoms with Crippen molar-refractivity contribution >= 4 is 5.91 Å². The minimum Gasteiger partial charge on any atom is -0.444 e. The summed E-state index contributed by atoms with van der Waals surface area (Å²) in [6.07, 6.45) is 5.15. The number of benzene rings is 1. The van der Waals surface area contributed by atoms with Crippen molar-refractivity contribution in [3.05, 3.63) is 42.0 Å². The summed E-state index contributed by atoms with van der Waals surface area (Å²) < 4.78 is 18.6. The number of nitrogens with zero attached hydrogens (tertiary/aromatic N) is 4. The van der Waals surface area contributed by atoms with Gasteiger partial charge in [-0.2, -0.15) is 0 Å². The van der Waals surface area contributed by atoms with Gasteiger partial charge in [0.25, 0.3) is 0 Å². The van der Waals surface area contributed by atoms with E-state index in [9.17, 15) is 9.18 Å². The predicted octanol–water partition coefficient (Wildman–Crippen LogP) is 3.00. The highest BCUT2D eigenvalue weighted by Crippen LogP contribution is 2.20. The lowest BCUT2D eigenvalue weighted by Gasteiger charge is -2.37. The molecule has 7 heteroatoms. The lowest BCUT2D eigenvalue weighted by molar-refractivity contribution is -0.136. The Morgan fingerprint density at radius 3 is 2.55 bits per heavy atom. The van der Waals surface area contributed by atoms with Crippen LogP contribution in [-0.4, -0.2) is 70.9 Å². The summed E-state index contributed by atoms with van der Waals surface area (Å²) in [5.74, 6) is 0.512. The molecule has 0 radical (unpaired) electrons. The molecule has 29 heavy (non-hydrogen) atoms. The van der Waals surface area contributed by atoms with E-state index in [1.54, 1.807) is 18.4 Å². The summed E-state index contributed by atoms with van der Waals surface area (Å²) in [5, 5.41) is 0. The molecule has 0 N–H and O–H groups in total. The highest BCUT2D eigenvalue weighted by Gasteiger charge is 2.26. The van der Waals surface area contributed by atoms with Crippen LogP contribution in [0.5, 0.6) is 0 Å². The van der Waals surface area contributed by atoms with Gasteiger partial charge in [-0.15, -0.1) is 0 Å². The third-order valence-electron chi connectivity index (χ3n) is 5.98. The Bertz CT molecular complexity index is 814. The molecule has 2 saturated heterocycles. The molecule has 1 aromatic heterocycles. The predicted molar refractivity (Wildman–Crippen MR) is 109 cm³/mol. The summed E-state index contributed by atoms with van der Waals surface area (Å²) in [4.78, 5) is 23.8. The molecule has 1 amide bonds. The minimum atomic E-state index is -0.272. The first-order valence-corrected chi connectivity index (χ1v) is 10.5. The second-order valence-electron chi connectivity index (χ2n) is 8.14. The van der Waals surface area contributed by atoms with Crippen LogP contribution in [0.3, 0.4) is 0 Å². The maximum atomic E-state index is 13.1. The van der Waals surface area contributed by atoms with Crippen molar-refractivity contribution in [3.63, 3.8) is 0 Å². The molecule has 3 heterocycles. The number of halogens is 1. The van der Waals surface area contributed by atoms with E-state index in [2.05, 4.69) is 26.6 Å². The van der Waals surface area contributed by atoms with Gasteiger partial charge in [0.1, 0.15) is 12.1 Å². The molecule has 4 rings (SSSR count). The van der Waals surface area contributed by atoms with Crippen LogP contribution in [0, 0.1) is 5.82 Å². The second kappa shape index (κ2) is 9.05. The molecular weight excluding hydrogens is 371 g/mol. The lowest BCUT2D eigenvalue weighted by atomic mass is 10.0. The number of hydrogen-bond acceptors (Lipinski definition) is 5. The van der Waals surface area contributed by atoms with E-state index in [0.717, 1.165) is 63.4 Å². The molecule has 2 aliphatic rings. The first-order valence-electron chi connectivity index (χ1n) is 10.5. The van der Waals surface area contributed by atoms with Gasteiger partial charge in [0.15, 0.2) is 0 Å².